The lowest BCUT2D eigenvalue weighted by Crippen LogP contribution is -2.27. The maximum absolute atomic E-state index is 12.0. The molecular formula is C12H19NO. The van der Waals surface area contributed by atoms with Crippen LogP contribution >= 0.6 is 0 Å². The zero-order chi connectivity index (χ0) is 10.9. The van der Waals surface area contributed by atoms with Gasteiger partial charge in [-0.1, -0.05) is 19.9 Å². The van der Waals surface area contributed by atoms with Crippen LogP contribution in [-0.4, -0.2) is 4.57 Å². The Kier molecular flexibility index (Phi) is 3.14. The van der Waals surface area contributed by atoms with Crippen molar-refractivity contribution in [1.29, 1.82) is 0 Å². The molecule has 0 unspecified atom stereocenters. The molecule has 0 N–H and O–H groups in total. The molecule has 2 heteroatoms. The van der Waals surface area contributed by atoms with Gasteiger partial charge in [0.15, 0.2) is 0 Å². The summed E-state index contributed by atoms with van der Waals surface area (Å²) in [4.78, 5) is 12.0. The van der Waals surface area contributed by atoms with E-state index in [0.717, 1.165) is 11.3 Å². The average Bonchev–Trinajstić information content (AvgIpc) is 2.02. The summed E-state index contributed by atoms with van der Waals surface area (Å²) >= 11 is 0. The van der Waals surface area contributed by atoms with E-state index >= 15 is 0 Å². The zero-order valence-corrected chi connectivity index (χ0v) is 9.66. The number of nitrogens with zero attached hydrogens (tertiary/aromatic N) is 1. The molecule has 0 aliphatic rings. The minimum atomic E-state index is 0.162. The molecule has 0 bridgehead atoms. The van der Waals surface area contributed by atoms with E-state index in [1.54, 1.807) is 0 Å². The first kappa shape index (κ1) is 11.0. The highest BCUT2D eigenvalue weighted by molar-refractivity contribution is 5.18. The van der Waals surface area contributed by atoms with Crippen molar-refractivity contribution < 1.29 is 0 Å². The van der Waals surface area contributed by atoms with Gasteiger partial charge in [0.2, 0.25) is 0 Å². The lowest BCUT2D eigenvalue weighted by Gasteiger charge is -2.16. The van der Waals surface area contributed by atoms with Crippen LogP contribution in [0.3, 0.4) is 0 Å². The monoisotopic (exact) mass is 193 g/mol. The molecule has 14 heavy (non-hydrogen) atoms. The van der Waals surface area contributed by atoms with E-state index in [9.17, 15) is 4.79 Å². The van der Waals surface area contributed by atoms with Crippen LogP contribution in [0.2, 0.25) is 0 Å². The van der Waals surface area contributed by atoms with Crippen molar-refractivity contribution in [3.8, 4) is 0 Å². The van der Waals surface area contributed by atoms with Crippen molar-refractivity contribution in [1.82, 2.24) is 4.57 Å². The smallest absolute Gasteiger partial charge is 0.254 e. The van der Waals surface area contributed by atoms with Gasteiger partial charge in [-0.25, -0.2) is 0 Å². The molecule has 0 atom stereocenters. The van der Waals surface area contributed by atoms with Gasteiger partial charge in [-0.2, -0.15) is 0 Å². The predicted octanol–water partition coefficient (Wildman–Crippen LogP) is 2.86. The van der Waals surface area contributed by atoms with Crippen molar-refractivity contribution in [3.05, 3.63) is 33.7 Å². The van der Waals surface area contributed by atoms with Gasteiger partial charge in [0.05, 0.1) is 0 Å². The Morgan fingerprint density at radius 3 is 2.14 bits per heavy atom. The standard InChI is InChI=1S/C12H19NO/c1-8(2)11-7-6-10(5)13(9(3)4)12(11)14/h6-9H,1-5H3. The first-order valence-electron chi connectivity index (χ1n) is 5.17. The van der Waals surface area contributed by atoms with E-state index in [-0.39, 0.29) is 11.6 Å². The molecule has 0 fully saturated rings. The van der Waals surface area contributed by atoms with Crippen molar-refractivity contribution in [2.45, 2.75) is 46.6 Å². The highest BCUT2D eigenvalue weighted by atomic mass is 16.1. The van der Waals surface area contributed by atoms with E-state index in [2.05, 4.69) is 13.8 Å². The number of hydrogen-bond acceptors (Lipinski definition) is 1. The molecule has 1 heterocycles. The van der Waals surface area contributed by atoms with Gasteiger partial charge in [-0.3, -0.25) is 4.79 Å². The van der Waals surface area contributed by atoms with Gasteiger partial charge in [0.1, 0.15) is 0 Å². The number of rotatable bonds is 2. The second-order valence-electron chi connectivity index (χ2n) is 4.35. The molecule has 0 saturated heterocycles. The van der Waals surface area contributed by atoms with Crippen molar-refractivity contribution >= 4 is 0 Å². The van der Waals surface area contributed by atoms with Crippen LogP contribution in [0.1, 0.15) is 50.9 Å². The third-order valence-corrected chi connectivity index (χ3v) is 2.49. The quantitative estimate of drug-likeness (QED) is 0.708. The van der Waals surface area contributed by atoms with Crippen LogP contribution in [0.4, 0.5) is 0 Å². The van der Waals surface area contributed by atoms with Gasteiger partial charge < -0.3 is 4.57 Å². The topological polar surface area (TPSA) is 22.0 Å². The number of pyridine rings is 1. The Morgan fingerprint density at radius 1 is 1.14 bits per heavy atom. The Bertz CT molecular complexity index is 374. The maximum atomic E-state index is 12.0. The first-order valence-corrected chi connectivity index (χ1v) is 5.17. The molecule has 0 spiro atoms. The molecule has 0 aliphatic heterocycles. The van der Waals surface area contributed by atoms with E-state index in [4.69, 9.17) is 0 Å². The fourth-order valence-corrected chi connectivity index (χ4v) is 1.74. The largest absolute Gasteiger partial charge is 0.310 e. The Labute approximate surface area is 85.6 Å². The summed E-state index contributed by atoms with van der Waals surface area (Å²) in [5, 5.41) is 0. The second kappa shape index (κ2) is 3.99. The second-order valence-corrected chi connectivity index (χ2v) is 4.35. The van der Waals surface area contributed by atoms with E-state index in [1.807, 2.05) is 37.5 Å². The summed E-state index contributed by atoms with van der Waals surface area (Å²) in [5.74, 6) is 0.299. The van der Waals surface area contributed by atoms with Crippen molar-refractivity contribution in [2.24, 2.45) is 0 Å². The summed E-state index contributed by atoms with van der Waals surface area (Å²) in [5.41, 5.74) is 2.11. The van der Waals surface area contributed by atoms with Crippen LogP contribution in [0.5, 0.6) is 0 Å². The Balaban J connectivity index is 3.42. The molecule has 1 aromatic rings. The van der Waals surface area contributed by atoms with Crippen LogP contribution in [0, 0.1) is 6.92 Å². The molecule has 0 saturated carbocycles. The Morgan fingerprint density at radius 2 is 1.71 bits per heavy atom. The third kappa shape index (κ3) is 1.89. The third-order valence-electron chi connectivity index (χ3n) is 2.49. The van der Waals surface area contributed by atoms with Crippen LogP contribution in [-0.2, 0) is 0 Å². The normalized spacial score (nSPS) is 11.4. The predicted molar refractivity (Wildman–Crippen MR) is 59.9 cm³/mol. The number of aromatic nitrogens is 1. The van der Waals surface area contributed by atoms with Crippen LogP contribution in [0.15, 0.2) is 16.9 Å². The van der Waals surface area contributed by atoms with Crippen LogP contribution < -0.4 is 5.56 Å². The molecule has 1 rings (SSSR count). The summed E-state index contributed by atoms with van der Waals surface area (Å²) < 4.78 is 1.86. The minimum Gasteiger partial charge on any atom is -0.310 e. The van der Waals surface area contributed by atoms with E-state index < -0.39 is 0 Å². The molecule has 0 aliphatic carbocycles. The van der Waals surface area contributed by atoms with Crippen molar-refractivity contribution in [3.63, 3.8) is 0 Å². The fraction of sp³-hybridized carbons (Fsp3) is 0.583. The van der Waals surface area contributed by atoms with Gasteiger partial charge in [0.25, 0.3) is 5.56 Å². The van der Waals surface area contributed by atoms with E-state index in [1.165, 1.54) is 0 Å². The molecule has 0 radical (unpaired) electrons. The first-order chi connectivity index (χ1) is 6.45. The minimum absolute atomic E-state index is 0.162. The van der Waals surface area contributed by atoms with Gasteiger partial charge in [0, 0.05) is 17.3 Å². The molecule has 1 aromatic heterocycles. The SMILES string of the molecule is Cc1ccc(C(C)C)c(=O)n1C(C)C. The molecule has 0 aromatic carbocycles. The summed E-state index contributed by atoms with van der Waals surface area (Å²) in [6.07, 6.45) is 0. The van der Waals surface area contributed by atoms with Crippen LogP contribution in [0.25, 0.3) is 0 Å². The summed E-state index contributed by atoms with van der Waals surface area (Å²) in [6, 6.07) is 4.21. The molecule has 0 amide bonds. The number of aryl methyl sites for hydroxylation is 1. The summed E-state index contributed by atoms with van der Waals surface area (Å²) in [6.45, 7) is 10.2. The fourth-order valence-electron chi connectivity index (χ4n) is 1.74. The average molecular weight is 193 g/mol. The van der Waals surface area contributed by atoms with Gasteiger partial charge >= 0.3 is 0 Å². The molecular weight excluding hydrogens is 174 g/mol. The van der Waals surface area contributed by atoms with Gasteiger partial charge in [-0.15, -0.1) is 0 Å². The maximum Gasteiger partial charge on any atom is 0.254 e. The van der Waals surface area contributed by atoms with Gasteiger partial charge in [-0.05, 0) is 32.8 Å². The highest BCUT2D eigenvalue weighted by Crippen LogP contribution is 2.12. The van der Waals surface area contributed by atoms with E-state index in [0.29, 0.717) is 5.92 Å². The molecule has 78 valence electrons. The Hall–Kier alpha value is -1.05. The highest BCUT2D eigenvalue weighted by Gasteiger charge is 2.10. The molecule has 2 nitrogen and oxygen atoms in total. The zero-order valence-electron chi connectivity index (χ0n) is 9.66. The van der Waals surface area contributed by atoms with Crippen molar-refractivity contribution in [2.75, 3.05) is 0 Å². The lowest BCUT2D eigenvalue weighted by molar-refractivity contribution is 0.554. The summed E-state index contributed by atoms with van der Waals surface area (Å²) in [7, 11) is 0. The number of hydrogen-bond donors (Lipinski definition) is 0. The lowest BCUT2D eigenvalue weighted by atomic mass is 10.0.